The van der Waals surface area contributed by atoms with Gasteiger partial charge in [-0.15, -0.1) is 0 Å². The van der Waals surface area contributed by atoms with Crippen molar-refractivity contribution in [2.24, 2.45) is 28.6 Å². The highest BCUT2D eigenvalue weighted by atomic mass is 16.5. The third-order valence-corrected chi connectivity index (χ3v) is 6.65. The monoisotopic (exact) mass is 321 g/mol. The van der Waals surface area contributed by atoms with Crippen LogP contribution < -0.4 is 0 Å². The van der Waals surface area contributed by atoms with Crippen LogP contribution in [0.25, 0.3) is 0 Å². The summed E-state index contributed by atoms with van der Waals surface area (Å²) in [5.74, 6) is -1.86. The highest BCUT2D eigenvalue weighted by Gasteiger charge is 2.88. The Balaban J connectivity index is 2.36. The average molecular weight is 321 g/mol. The molecule has 0 aromatic carbocycles. The molecule has 3 aliphatic carbocycles. The zero-order valence-electron chi connectivity index (χ0n) is 14.0. The van der Waals surface area contributed by atoms with Gasteiger partial charge in [0.25, 0.3) is 0 Å². The molecule has 126 valence electrons. The van der Waals surface area contributed by atoms with Gasteiger partial charge in [0, 0.05) is 13.0 Å². The van der Waals surface area contributed by atoms with Crippen LogP contribution in [0.5, 0.6) is 0 Å². The highest BCUT2D eigenvalue weighted by Crippen LogP contribution is 2.76. The number of nitriles is 1. The molecule has 0 heterocycles. The van der Waals surface area contributed by atoms with Crippen LogP contribution in [0, 0.1) is 39.9 Å². The Morgan fingerprint density at radius 1 is 1.43 bits per heavy atom. The first-order valence-corrected chi connectivity index (χ1v) is 8.07. The minimum atomic E-state index is -1.32. The van der Waals surface area contributed by atoms with E-state index >= 15 is 0 Å². The minimum absolute atomic E-state index is 0.0350. The van der Waals surface area contributed by atoms with E-state index in [9.17, 15) is 20.0 Å². The van der Waals surface area contributed by atoms with E-state index in [0.29, 0.717) is 12.8 Å². The van der Waals surface area contributed by atoms with Gasteiger partial charge in [-0.3, -0.25) is 9.59 Å². The lowest BCUT2D eigenvalue weighted by atomic mass is 9.52. The molecular formula is C17H23NO5. The van der Waals surface area contributed by atoms with Crippen LogP contribution in [0.1, 0.15) is 33.1 Å². The molecule has 0 aromatic heterocycles. The maximum Gasteiger partial charge on any atom is 0.315 e. The number of nitrogens with zero attached hydrogens (tertiary/aromatic N) is 1. The summed E-state index contributed by atoms with van der Waals surface area (Å²) in [5, 5.41) is 20.6. The molecule has 0 aromatic rings. The van der Waals surface area contributed by atoms with Crippen molar-refractivity contribution >= 4 is 11.8 Å². The molecule has 3 rings (SSSR count). The number of carbonyl (C=O) groups is 2. The van der Waals surface area contributed by atoms with Gasteiger partial charge in [0.1, 0.15) is 22.2 Å². The molecular weight excluding hydrogens is 298 g/mol. The van der Waals surface area contributed by atoms with Crippen molar-refractivity contribution in [3.05, 3.63) is 0 Å². The first-order valence-electron chi connectivity index (χ1n) is 8.07. The fourth-order valence-electron chi connectivity index (χ4n) is 6.04. The number of esters is 1. The molecule has 4 bridgehead atoms. The number of hydrogen-bond acceptors (Lipinski definition) is 6. The van der Waals surface area contributed by atoms with Gasteiger partial charge in [-0.2, -0.15) is 5.26 Å². The Morgan fingerprint density at radius 3 is 2.57 bits per heavy atom. The number of ether oxygens (including phenoxy) is 2. The largest absolute Gasteiger partial charge is 0.468 e. The van der Waals surface area contributed by atoms with E-state index in [1.807, 2.05) is 13.8 Å². The number of aliphatic hydroxyl groups is 1. The molecule has 3 aliphatic rings. The zero-order valence-corrected chi connectivity index (χ0v) is 14.0. The van der Waals surface area contributed by atoms with E-state index in [1.54, 1.807) is 0 Å². The van der Waals surface area contributed by atoms with Crippen LogP contribution in [0.2, 0.25) is 0 Å². The predicted octanol–water partition coefficient (Wildman–Crippen LogP) is 1.07. The summed E-state index contributed by atoms with van der Waals surface area (Å²) >= 11 is 0. The fourth-order valence-corrected chi connectivity index (χ4v) is 6.04. The molecule has 6 nitrogen and oxygen atoms in total. The molecule has 0 aliphatic heterocycles. The van der Waals surface area contributed by atoms with E-state index in [-0.39, 0.29) is 18.1 Å². The van der Waals surface area contributed by atoms with Crippen LogP contribution in [0.3, 0.4) is 0 Å². The SMILES string of the molecule is COC(=O)C12CCC(O)C3(C#N)CC1C(=O)C(C(C)C)C32OC. The molecule has 0 saturated heterocycles. The lowest BCUT2D eigenvalue weighted by molar-refractivity contribution is -0.228. The number of Topliss-reactive ketones (excluding diaryl/α,β-unsaturated/α-hetero) is 1. The second-order valence-corrected chi connectivity index (χ2v) is 7.42. The van der Waals surface area contributed by atoms with Crippen LogP contribution in [0.15, 0.2) is 0 Å². The molecule has 1 N–H and O–H groups in total. The Morgan fingerprint density at radius 2 is 2.09 bits per heavy atom. The van der Waals surface area contributed by atoms with Gasteiger partial charge in [0.15, 0.2) is 0 Å². The topological polar surface area (TPSA) is 96.6 Å². The molecule has 3 saturated carbocycles. The van der Waals surface area contributed by atoms with Crippen molar-refractivity contribution in [3.63, 3.8) is 0 Å². The maximum absolute atomic E-state index is 13.0. The first-order chi connectivity index (χ1) is 10.8. The zero-order chi connectivity index (χ0) is 17.2. The van der Waals surface area contributed by atoms with Crippen molar-refractivity contribution in [3.8, 4) is 6.07 Å². The quantitative estimate of drug-likeness (QED) is 0.781. The summed E-state index contributed by atoms with van der Waals surface area (Å²) in [7, 11) is 2.74. The Hall–Kier alpha value is -1.45. The van der Waals surface area contributed by atoms with E-state index in [2.05, 4.69) is 6.07 Å². The van der Waals surface area contributed by atoms with Gasteiger partial charge in [-0.1, -0.05) is 13.8 Å². The lowest BCUT2D eigenvalue weighted by Gasteiger charge is -2.55. The minimum Gasteiger partial charge on any atom is -0.468 e. The van der Waals surface area contributed by atoms with Crippen molar-refractivity contribution in [1.29, 1.82) is 5.26 Å². The molecule has 6 heteroatoms. The van der Waals surface area contributed by atoms with E-state index in [0.717, 1.165) is 0 Å². The molecule has 0 radical (unpaired) electrons. The van der Waals surface area contributed by atoms with Crippen LogP contribution >= 0.6 is 0 Å². The van der Waals surface area contributed by atoms with Gasteiger partial charge >= 0.3 is 5.97 Å². The standard InChI is InChI=1S/C17H23NO5/c1-9(2)12-13(20)10-7-15(8-18)11(19)5-6-16(10,14(21)22-3)17(12,15)23-4/h9-12,19H,5-7H2,1-4H3. The summed E-state index contributed by atoms with van der Waals surface area (Å²) in [6, 6.07) is 2.26. The summed E-state index contributed by atoms with van der Waals surface area (Å²) in [6.07, 6.45) is -0.153. The fraction of sp³-hybridized carbons (Fsp3) is 0.824. The maximum atomic E-state index is 13.0. The van der Waals surface area contributed by atoms with Crippen molar-refractivity contribution in [2.45, 2.75) is 44.8 Å². The average Bonchev–Trinajstić information content (AvgIpc) is 2.86. The van der Waals surface area contributed by atoms with Gasteiger partial charge in [0.05, 0.1) is 25.2 Å². The molecule has 23 heavy (non-hydrogen) atoms. The Bertz CT molecular complexity index is 611. The predicted molar refractivity (Wildman–Crippen MR) is 78.9 cm³/mol. The Labute approximate surface area is 135 Å². The van der Waals surface area contributed by atoms with E-state index in [1.165, 1.54) is 14.2 Å². The van der Waals surface area contributed by atoms with Gasteiger partial charge in [-0.25, -0.2) is 0 Å². The van der Waals surface area contributed by atoms with Crippen molar-refractivity contribution in [2.75, 3.05) is 14.2 Å². The Kier molecular flexibility index (Phi) is 3.41. The molecule has 6 unspecified atom stereocenters. The van der Waals surface area contributed by atoms with Gasteiger partial charge in [0.2, 0.25) is 0 Å². The number of aliphatic hydroxyl groups excluding tert-OH is 1. The molecule has 3 fully saturated rings. The summed E-state index contributed by atoms with van der Waals surface area (Å²) in [5.41, 5.74) is -3.74. The van der Waals surface area contributed by atoms with Crippen LogP contribution in [0.4, 0.5) is 0 Å². The second kappa shape index (κ2) is 4.78. The molecule has 6 atom stereocenters. The summed E-state index contributed by atoms with van der Waals surface area (Å²) in [6.45, 7) is 3.78. The normalized spacial score (nSPS) is 47.7. The molecule has 0 amide bonds. The third-order valence-electron chi connectivity index (χ3n) is 6.65. The lowest BCUT2D eigenvalue weighted by Crippen LogP contribution is -2.68. The summed E-state index contributed by atoms with van der Waals surface area (Å²) < 4.78 is 10.9. The second-order valence-electron chi connectivity index (χ2n) is 7.42. The number of methoxy groups -OCH3 is 2. The molecule has 0 spiro atoms. The van der Waals surface area contributed by atoms with Crippen LogP contribution in [-0.4, -0.2) is 42.8 Å². The van der Waals surface area contributed by atoms with Gasteiger partial charge < -0.3 is 14.6 Å². The van der Waals surface area contributed by atoms with E-state index in [4.69, 9.17) is 9.47 Å². The number of ketones is 1. The van der Waals surface area contributed by atoms with Crippen molar-refractivity contribution < 1.29 is 24.2 Å². The third kappa shape index (κ3) is 1.38. The smallest absolute Gasteiger partial charge is 0.315 e. The number of hydrogen-bond donors (Lipinski definition) is 1. The van der Waals surface area contributed by atoms with Crippen molar-refractivity contribution in [1.82, 2.24) is 0 Å². The number of rotatable bonds is 3. The van der Waals surface area contributed by atoms with Crippen LogP contribution in [-0.2, 0) is 19.1 Å². The first kappa shape index (κ1) is 16.4. The van der Waals surface area contributed by atoms with E-state index < -0.39 is 40.3 Å². The summed E-state index contributed by atoms with van der Waals surface area (Å²) in [4.78, 5) is 25.8. The highest BCUT2D eigenvalue weighted by molar-refractivity contribution is 5.99. The number of carbonyl (C=O) groups excluding carboxylic acids is 2. The van der Waals surface area contributed by atoms with Gasteiger partial charge in [-0.05, 0) is 25.2 Å².